The number of carbonyl (C=O) groups is 1. The predicted octanol–water partition coefficient (Wildman–Crippen LogP) is 2.66. The average molecular weight is 392 g/mol. The van der Waals surface area contributed by atoms with Gasteiger partial charge in [-0.25, -0.2) is 9.97 Å². The Morgan fingerprint density at radius 2 is 2.19 bits per heavy atom. The zero-order valence-electron chi connectivity index (χ0n) is 16.4. The van der Waals surface area contributed by atoms with Crippen molar-refractivity contribution < 1.29 is 9.53 Å². The van der Waals surface area contributed by atoms with Crippen LogP contribution in [0, 0.1) is 6.92 Å². The molecule has 27 heavy (non-hydrogen) atoms. The quantitative estimate of drug-likeness (QED) is 0.684. The molecule has 0 unspecified atom stereocenters. The highest BCUT2D eigenvalue weighted by Crippen LogP contribution is 2.33. The van der Waals surface area contributed by atoms with Crippen molar-refractivity contribution in [3.8, 4) is 0 Å². The molecule has 0 aromatic carbocycles. The standard InChI is InChI=1S/C19H29N5O2S/c1-4-24(5-2)9-8-20-18(25)16-13(3)15-17(22-12-23-19(15)27-16)21-11-14-7-6-10-26-14/h12,14H,4-11H2,1-3H3,(H,20,25)(H,21,22,23)/t14-/m1/s1. The highest BCUT2D eigenvalue weighted by atomic mass is 32.1. The van der Waals surface area contributed by atoms with Gasteiger partial charge in [0, 0.05) is 26.2 Å². The van der Waals surface area contributed by atoms with Gasteiger partial charge in [0.1, 0.15) is 17.0 Å². The Bertz CT molecular complexity index is 769. The van der Waals surface area contributed by atoms with Crippen molar-refractivity contribution in [1.82, 2.24) is 20.2 Å². The van der Waals surface area contributed by atoms with Crippen molar-refractivity contribution in [3.63, 3.8) is 0 Å². The van der Waals surface area contributed by atoms with Crippen LogP contribution >= 0.6 is 11.3 Å². The number of thiophene rings is 1. The molecule has 2 aromatic rings. The van der Waals surface area contributed by atoms with Gasteiger partial charge in [-0.3, -0.25) is 4.79 Å². The van der Waals surface area contributed by atoms with E-state index in [0.717, 1.165) is 67.2 Å². The fourth-order valence-corrected chi connectivity index (χ4v) is 4.45. The lowest BCUT2D eigenvalue weighted by atomic mass is 10.2. The minimum Gasteiger partial charge on any atom is -0.376 e. The number of nitrogens with one attached hydrogen (secondary N) is 2. The molecule has 1 saturated heterocycles. The molecule has 0 radical (unpaired) electrons. The number of aryl methyl sites for hydroxylation is 1. The van der Waals surface area contributed by atoms with Gasteiger partial charge in [0.05, 0.1) is 16.4 Å². The molecular formula is C19H29N5O2S. The van der Waals surface area contributed by atoms with Crippen LogP contribution in [-0.4, -0.2) is 66.2 Å². The van der Waals surface area contributed by atoms with Crippen molar-refractivity contribution in [1.29, 1.82) is 0 Å². The second kappa shape index (κ2) is 9.43. The molecule has 0 saturated carbocycles. The molecule has 1 amide bonds. The molecule has 2 aromatic heterocycles. The van der Waals surface area contributed by atoms with Gasteiger partial charge in [0.25, 0.3) is 5.91 Å². The summed E-state index contributed by atoms with van der Waals surface area (Å²) < 4.78 is 5.67. The largest absolute Gasteiger partial charge is 0.376 e. The molecule has 0 spiro atoms. The van der Waals surface area contributed by atoms with Gasteiger partial charge >= 0.3 is 0 Å². The first-order chi connectivity index (χ1) is 13.1. The number of likely N-dealkylation sites (N-methyl/N-ethyl adjacent to an activating group) is 1. The summed E-state index contributed by atoms with van der Waals surface area (Å²) >= 11 is 1.43. The maximum atomic E-state index is 12.7. The van der Waals surface area contributed by atoms with E-state index in [1.807, 2.05) is 6.92 Å². The molecule has 1 atom stereocenters. The fraction of sp³-hybridized carbons (Fsp3) is 0.632. The number of hydrogen-bond acceptors (Lipinski definition) is 7. The molecule has 3 heterocycles. The number of carbonyl (C=O) groups excluding carboxylic acids is 1. The van der Waals surface area contributed by atoms with E-state index in [9.17, 15) is 4.79 Å². The molecule has 8 heteroatoms. The summed E-state index contributed by atoms with van der Waals surface area (Å²) in [5, 5.41) is 7.36. The summed E-state index contributed by atoms with van der Waals surface area (Å²) in [5.74, 6) is 0.749. The number of aromatic nitrogens is 2. The van der Waals surface area contributed by atoms with Crippen LogP contribution in [0.5, 0.6) is 0 Å². The van der Waals surface area contributed by atoms with E-state index in [-0.39, 0.29) is 12.0 Å². The van der Waals surface area contributed by atoms with Crippen molar-refractivity contribution in [3.05, 3.63) is 16.8 Å². The summed E-state index contributed by atoms with van der Waals surface area (Å²) in [7, 11) is 0. The summed E-state index contributed by atoms with van der Waals surface area (Å²) in [6.45, 7) is 11.3. The smallest absolute Gasteiger partial charge is 0.261 e. The predicted molar refractivity (Wildman–Crippen MR) is 110 cm³/mol. The van der Waals surface area contributed by atoms with E-state index in [1.54, 1.807) is 6.33 Å². The van der Waals surface area contributed by atoms with Crippen molar-refractivity contribution >= 4 is 33.3 Å². The van der Waals surface area contributed by atoms with E-state index < -0.39 is 0 Å². The molecule has 7 nitrogen and oxygen atoms in total. The monoisotopic (exact) mass is 391 g/mol. The lowest BCUT2D eigenvalue weighted by molar-refractivity contribution is 0.0952. The zero-order chi connectivity index (χ0) is 19.2. The Morgan fingerprint density at radius 3 is 2.89 bits per heavy atom. The highest BCUT2D eigenvalue weighted by Gasteiger charge is 2.20. The van der Waals surface area contributed by atoms with Gasteiger partial charge in [-0.2, -0.15) is 0 Å². The van der Waals surface area contributed by atoms with E-state index in [2.05, 4.69) is 39.3 Å². The van der Waals surface area contributed by atoms with Gasteiger partial charge in [-0.15, -0.1) is 11.3 Å². The van der Waals surface area contributed by atoms with Crippen molar-refractivity contribution in [2.24, 2.45) is 0 Å². The highest BCUT2D eigenvalue weighted by molar-refractivity contribution is 7.20. The van der Waals surface area contributed by atoms with Gasteiger partial charge in [-0.1, -0.05) is 13.8 Å². The Morgan fingerprint density at radius 1 is 1.37 bits per heavy atom. The maximum absolute atomic E-state index is 12.7. The number of rotatable bonds is 9. The topological polar surface area (TPSA) is 79.4 Å². The average Bonchev–Trinajstić information content (AvgIpc) is 3.32. The molecular weight excluding hydrogens is 362 g/mol. The van der Waals surface area contributed by atoms with Crippen molar-refractivity contribution in [2.45, 2.75) is 39.7 Å². The summed E-state index contributed by atoms with van der Waals surface area (Å²) in [5.41, 5.74) is 0.936. The van der Waals surface area contributed by atoms with Crippen LogP contribution in [0.15, 0.2) is 6.33 Å². The van der Waals surface area contributed by atoms with Crippen LogP contribution < -0.4 is 10.6 Å². The Hall–Kier alpha value is -1.77. The Labute approximate surface area is 164 Å². The molecule has 1 aliphatic rings. The van der Waals surface area contributed by atoms with Crippen LogP contribution in [0.25, 0.3) is 10.2 Å². The number of anilines is 1. The summed E-state index contributed by atoms with van der Waals surface area (Å²) in [6.07, 6.45) is 3.97. The number of hydrogen-bond donors (Lipinski definition) is 2. The number of nitrogens with zero attached hydrogens (tertiary/aromatic N) is 3. The maximum Gasteiger partial charge on any atom is 0.261 e. The Kier molecular flexibility index (Phi) is 6.98. The van der Waals surface area contributed by atoms with E-state index >= 15 is 0 Å². The molecule has 0 bridgehead atoms. The van der Waals surface area contributed by atoms with Crippen LogP contribution in [-0.2, 0) is 4.74 Å². The van der Waals surface area contributed by atoms with Gasteiger partial charge in [0.15, 0.2) is 0 Å². The molecule has 2 N–H and O–H groups in total. The molecule has 0 aliphatic carbocycles. The second-order valence-corrected chi connectivity index (χ2v) is 7.76. The normalized spacial score (nSPS) is 17.0. The minimum atomic E-state index is -0.0345. The number of amides is 1. The van der Waals surface area contributed by atoms with Crippen LogP contribution in [0.1, 0.15) is 41.9 Å². The molecule has 148 valence electrons. The van der Waals surface area contributed by atoms with Crippen LogP contribution in [0.4, 0.5) is 5.82 Å². The molecule has 3 rings (SSSR count). The van der Waals surface area contributed by atoms with Crippen LogP contribution in [0.2, 0.25) is 0 Å². The first-order valence-electron chi connectivity index (χ1n) is 9.74. The number of fused-ring (bicyclic) bond motifs is 1. The van der Waals surface area contributed by atoms with E-state index in [0.29, 0.717) is 11.4 Å². The Balaban J connectivity index is 1.70. The first kappa shape index (κ1) is 20.0. The minimum absolute atomic E-state index is 0.0345. The lowest BCUT2D eigenvalue weighted by Crippen LogP contribution is -2.34. The first-order valence-corrected chi connectivity index (χ1v) is 10.6. The summed E-state index contributed by atoms with van der Waals surface area (Å²) in [6, 6.07) is 0. The van der Waals surface area contributed by atoms with Gasteiger partial charge in [-0.05, 0) is 38.4 Å². The third-order valence-electron chi connectivity index (χ3n) is 5.06. The van der Waals surface area contributed by atoms with E-state index in [4.69, 9.17) is 4.74 Å². The SMILES string of the molecule is CCN(CC)CCNC(=O)c1sc2ncnc(NC[C@H]3CCCO3)c2c1C. The third-order valence-corrected chi connectivity index (χ3v) is 6.26. The third kappa shape index (κ3) is 4.75. The second-order valence-electron chi connectivity index (χ2n) is 6.76. The number of ether oxygens (including phenoxy) is 1. The zero-order valence-corrected chi connectivity index (χ0v) is 17.2. The van der Waals surface area contributed by atoms with E-state index in [1.165, 1.54) is 11.3 Å². The summed E-state index contributed by atoms with van der Waals surface area (Å²) in [4.78, 5) is 25.3. The van der Waals surface area contributed by atoms with Gasteiger partial charge < -0.3 is 20.3 Å². The lowest BCUT2D eigenvalue weighted by Gasteiger charge is -2.17. The molecule has 1 fully saturated rings. The van der Waals surface area contributed by atoms with Crippen molar-refractivity contribution in [2.75, 3.05) is 44.6 Å². The fourth-order valence-electron chi connectivity index (χ4n) is 3.39. The van der Waals surface area contributed by atoms with Gasteiger partial charge in [0.2, 0.25) is 0 Å². The van der Waals surface area contributed by atoms with Crippen LogP contribution in [0.3, 0.4) is 0 Å². The molecule has 1 aliphatic heterocycles.